The first-order valence-electron chi connectivity index (χ1n) is 19.7. The molecule has 7 heteroatoms. The number of benzene rings is 4. The van der Waals surface area contributed by atoms with Gasteiger partial charge in [-0.15, -0.1) is 57.9 Å². The van der Waals surface area contributed by atoms with E-state index in [1.165, 1.54) is 65.3 Å². The predicted octanol–water partition coefficient (Wildman–Crippen LogP) is 7.97. The van der Waals surface area contributed by atoms with Gasteiger partial charge in [0.25, 0.3) is 0 Å². The Bertz CT molecular complexity index is 2310. The Morgan fingerprint density at radius 1 is 0.474 bits per heavy atom. The molecule has 0 spiro atoms. The third-order valence-corrected chi connectivity index (χ3v) is 14.6. The van der Waals surface area contributed by atoms with Crippen LogP contribution < -0.4 is 35.2 Å². The van der Waals surface area contributed by atoms with Gasteiger partial charge in [-0.25, -0.2) is 0 Å². The molecule has 292 valence electrons. The summed E-state index contributed by atoms with van der Waals surface area (Å²) >= 11 is 0. The van der Waals surface area contributed by atoms with Crippen LogP contribution in [0.5, 0.6) is 0 Å². The second kappa shape index (κ2) is 19.5. The second-order valence-corrected chi connectivity index (χ2v) is 26.9. The van der Waals surface area contributed by atoms with E-state index in [0.29, 0.717) is 0 Å². The van der Waals surface area contributed by atoms with Crippen LogP contribution >= 0.6 is 0 Å². The van der Waals surface area contributed by atoms with Crippen molar-refractivity contribution in [3.63, 3.8) is 0 Å². The van der Waals surface area contributed by atoms with Gasteiger partial charge in [0.2, 0.25) is 0 Å². The van der Waals surface area contributed by atoms with Crippen LogP contribution in [-0.4, -0.2) is 16.1 Å². The standard InChI is InChI=1S/2C25H27OSi.2ClH.Zr/c2*1-5-7-21-12-15-25(26-21)20-16-19-8-6-9-23(24(19)17-20)18-10-13-22(14-11-18)27(2,3)4;;;/h2*6,8-17H,5,7H2,1-4H3;2*1H;/q2*-1;;;+4/p-2. The van der Waals surface area contributed by atoms with Crippen molar-refractivity contribution in [2.45, 2.75) is 78.8 Å². The molecule has 0 saturated heterocycles. The largest absolute Gasteiger partial charge is 4.00 e. The number of furan rings is 2. The van der Waals surface area contributed by atoms with Crippen molar-refractivity contribution in [2.24, 2.45) is 0 Å². The molecule has 0 radical (unpaired) electrons. The number of rotatable bonds is 10. The number of halogens is 2. The van der Waals surface area contributed by atoms with E-state index in [0.717, 1.165) is 48.7 Å². The Morgan fingerprint density at radius 3 is 1.18 bits per heavy atom. The summed E-state index contributed by atoms with van der Waals surface area (Å²) in [6, 6.07) is 48.9. The van der Waals surface area contributed by atoms with E-state index in [4.69, 9.17) is 8.83 Å². The Labute approximate surface area is 373 Å². The Morgan fingerprint density at radius 2 is 0.842 bits per heavy atom. The van der Waals surface area contributed by atoms with Gasteiger partial charge in [-0.05, 0) is 48.2 Å². The number of hydrogen-bond acceptors (Lipinski definition) is 2. The summed E-state index contributed by atoms with van der Waals surface area (Å²) in [6.45, 7) is 18.7. The van der Waals surface area contributed by atoms with Crippen molar-refractivity contribution < 1.29 is 59.9 Å². The maximum absolute atomic E-state index is 6.04. The Hall–Kier alpha value is -3.44. The van der Waals surface area contributed by atoms with Crippen LogP contribution in [0.2, 0.25) is 39.3 Å². The summed E-state index contributed by atoms with van der Waals surface area (Å²) in [7, 11) is -2.54. The van der Waals surface area contributed by atoms with Crippen molar-refractivity contribution in [2.75, 3.05) is 0 Å². The molecule has 0 amide bonds. The van der Waals surface area contributed by atoms with Gasteiger partial charge in [0.15, 0.2) is 0 Å². The molecule has 0 aliphatic rings. The van der Waals surface area contributed by atoms with Crippen molar-refractivity contribution in [3.8, 4) is 44.9 Å². The molecular formula is C50H54Cl2O2Si2Zr. The molecule has 0 fully saturated rings. The Kier molecular flexibility index (Phi) is 15.9. The molecule has 2 aromatic heterocycles. The maximum atomic E-state index is 6.04. The van der Waals surface area contributed by atoms with Gasteiger partial charge < -0.3 is 33.6 Å². The van der Waals surface area contributed by atoms with E-state index in [9.17, 15) is 0 Å². The smallest absolute Gasteiger partial charge is 1.00 e. The molecule has 57 heavy (non-hydrogen) atoms. The van der Waals surface area contributed by atoms with Crippen molar-refractivity contribution >= 4 is 48.1 Å². The minimum Gasteiger partial charge on any atom is -1.00 e. The number of aryl methyl sites for hydroxylation is 2. The van der Waals surface area contributed by atoms with Gasteiger partial charge >= 0.3 is 26.2 Å². The first-order valence-corrected chi connectivity index (χ1v) is 26.7. The molecule has 8 aromatic rings. The first kappa shape index (κ1) is 46.2. The molecule has 6 aromatic carbocycles. The third kappa shape index (κ3) is 10.6. The molecule has 0 unspecified atom stereocenters. The average Bonchev–Trinajstić information content (AvgIpc) is 3.97. The van der Waals surface area contributed by atoms with Crippen LogP contribution in [0.4, 0.5) is 0 Å². The predicted molar refractivity (Wildman–Crippen MR) is 239 cm³/mol. The van der Waals surface area contributed by atoms with E-state index in [-0.39, 0.29) is 51.0 Å². The fraction of sp³-hybridized carbons (Fsp3) is 0.240. The van der Waals surface area contributed by atoms with E-state index in [1.807, 2.05) is 0 Å². The second-order valence-electron chi connectivity index (χ2n) is 16.8. The molecule has 0 aliphatic carbocycles. The van der Waals surface area contributed by atoms with Crippen LogP contribution in [0.3, 0.4) is 0 Å². The number of fused-ring (bicyclic) bond motifs is 2. The normalized spacial score (nSPS) is 11.4. The minimum absolute atomic E-state index is 0. The summed E-state index contributed by atoms with van der Waals surface area (Å²) in [6.07, 6.45) is 4.20. The summed E-state index contributed by atoms with van der Waals surface area (Å²) in [5.74, 6) is 4.07. The topological polar surface area (TPSA) is 26.3 Å². The summed E-state index contributed by atoms with van der Waals surface area (Å²) < 4.78 is 12.1. The van der Waals surface area contributed by atoms with Gasteiger partial charge in [-0.1, -0.05) is 159 Å². The number of hydrogen-bond donors (Lipinski definition) is 0. The molecule has 0 atom stereocenters. The van der Waals surface area contributed by atoms with Gasteiger partial charge in [0, 0.05) is 12.8 Å². The monoisotopic (exact) mass is 902 g/mol. The van der Waals surface area contributed by atoms with E-state index in [1.54, 1.807) is 0 Å². The zero-order chi connectivity index (χ0) is 38.0. The van der Waals surface area contributed by atoms with E-state index in [2.05, 4.69) is 187 Å². The summed E-state index contributed by atoms with van der Waals surface area (Å²) in [5, 5.41) is 8.13. The van der Waals surface area contributed by atoms with E-state index >= 15 is 0 Å². The fourth-order valence-electron chi connectivity index (χ4n) is 7.38. The quantitative estimate of drug-likeness (QED) is 0.103. The SMILES string of the molecule is CCCc1ccc(-c2cc3c(-c4ccc([Si](C)(C)C)cc4)cccc3[cH-]2)o1.CCCc1ccc(-c2cc3c(-c4ccc([Si](C)(C)C)cc4)cccc3[cH-]2)o1.[Cl-].[Cl-].[Zr+4]. The van der Waals surface area contributed by atoms with Crippen LogP contribution in [0.25, 0.3) is 66.4 Å². The Balaban J connectivity index is 0.000000240. The van der Waals surface area contributed by atoms with E-state index < -0.39 is 16.1 Å². The molecule has 0 bridgehead atoms. The van der Waals surface area contributed by atoms with Crippen molar-refractivity contribution in [1.29, 1.82) is 0 Å². The van der Waals surface area contributed by atoms with Gasteiger partial charge in [-0.2, -0.15) is 0 Å². The molecular weight excluding hydrogens is 851 g/mol. The molecule has 8 rings (SSSR count). The molecule has 2 nitrogen and oxygen atoms in total. The molecule has 0 N–H and O–H groups in total. The molecule has 0 aliphatic heterocycles. The first-order chi connectivity index (χ1) is 25.9. The van der Waals surface area contributed by atoms with Crippen LogP contribution in [0, 0.1) is 0 Å². The fourth-order valence-corrected chi connectivity index (χ4v) is 9.72. The average molecular weight is 905 g/mol. The summed E-state index contributed by atoms with van der Waals surface area (Å²) in [5.41, 5.74) is 7.48. The van der Waals surface area contributed by atoms with Gasteiger partial charge in [-0.3, -0.25) is 0 Å². The molecule has 2 heterocycles. The van der Waals surface area contributed by atoms with Crippen molar-refractivity contribution in [3.05, 3.63) is 145 Å². The zero-order valence-corrected chi connectivity index (χ0v) is 40.6. The van der Waals surface area contributed by atoms with Crippen LogP contribution in [-0.2, 0) is 39.0 Å². The minimum atomic E-state index is -1.27. The maximum Gasteiger partial charge on any atom is 4.00 e. The van der Waals surface area contributed by atoms with Crippen molar-refractivity contribution in [1.82, 2.24) is 0 Å². The van der Waals surface area contributed by atoms with Gasteiger partial charge in [0.1, 0.15) is 0 Å². The third-order valence-electron chi connectivity index (χ3n) is 10.5. The zero-order valence-electron chi connectivity index (χ0n) is 34.6. The molecule has 0 saturated carbocycles. The van der Waals surface area contributed by atoms with Crippen LogP contribution in [0.1, 0.15) is 38.2 Å². The van der Waals surface area contributed by atoms with Crippen LogP contribution in [0.15, 0.2) is 142 Å². The van der Waals surface area contributed by atoms with Gasteiger partial charge in [0.05, 0.1) is 39.2 Å². The summed E-state index contributed by atoms with van der Waals surface area (Å²) in [4.78, 5) is 0.